The van der Waals surface area contributed by atoms with E-state index in [1.807, 2.05) is 13.0 Å². The van der Waals surface area contributed by atoms with Crippen LogP contribution in [0.3, 0.4) is 0 Å². The second-order valence-electron chi connectivity index (χ2n) is 4.34. The molecule has 2 aromatic carbocycles. The van der Waals surface area contributed by atoms with Crippen molar-refractivity contribution in [1.29, 1.82) is 0 Å². The summed E-state index contributed by atoms with van der Waals surface area (Å²) >= 11 is 9.56. The molecule has 0 bridgehead atoms. The fourth-order valence-electron chi connectivity index (χ4n) is 1.79. The molecule has 0 radical (unpaired) electrons. The van der Waals surface area contributed by atoms with Crippen molar-refractivity contribution < 1.29 is 4.79 Å². The lowest BCUT2D eigenvalue weighted by Crippen LogP contribution is -2.14. The Balaban J connectivity index is 2.50. The number of carbonyl (C=O) groups excluding carboxylic acids is 1. The molecule has 0 saturated heterocycles. The van der Waals surface area contributed by atoms with E-state index in [9.17, 15) is 4.79 Å². The van der Waals surface area contributed by atoms with Crippen LogP contribution in [0.1, 0.15) is 15.9 Å². The number of nitrogens with one attached hydrogen (secondary N) is 1. The summed E-state index contributed by atoms with van der Waals surface area (Å²) in [5.74, 6) is -0.547. The highest BCUT2D eigenvalue weighted by atomic mass is 79.9. The van der Waals surface area contributed by atoms with Crippen LogP contribution < -0.4 is 16.8 Å². The molecule has 2 rings (SSSR count). The van der Waals surface area contributed by atoms with Crippen molar-refractivity contribution in [2.45, 2.75) is 6.92 Å². The van der Waals surface area contributed by atoms with E-state index in [1.54, 1.807) is 24.3 Å². The maximum Gasteiger partial charge on any atom is 0.250 e. The van der Waals surface area contributed by atoms with Crippen molar-refractivity contribution in [3.8, 4) is 0 Å². The summed E-state index contributed by atoms with van der Waals surface area (Å²) in [7, 11) is 0. The van der Waals surface area contributed by atoms with Crippen molar-refractivity contribution in [1.82, 2.24) is 0 Å². The molecular formula is C14H13BrClN3O. The zero-order valence-corrected chi connectivity index (χ0v) is 13.0. The van der Waals surface area contributed by atoms with Gasteiger partial charge in [-0.15, -0.1) is 0 Å². The van der Waals surface area contributed by atoms with Crippen LogP contribution in [0.4, 0.5) is 17.1 Å². The number of amides is 1. The molecule has 0 aromatic heterocycles. The lowest BCUT2D eigenvalue weighted by atomic mass is 10.1. The highest BCUT2D eigenvalue weighted by Crippen LogP contribution is 2.34. The number of halogens is 2. The lowest BCUT2D eigenvalue weighted by molar-refractivity contribution is 0.100. The first-order valence-corrected chi connectivity index (χ1v) is 6.98. The van der Waals surface area contributed by atoms with Gasteiger partial charge in [0, 0.05) is 9.50 Å². The van der Waals surface area contributed by atoms with Crippen molar-refractivity contribution in [3.05, 3.63) is 51.0 Å². The van der Waals surface area contributed by atoms with E-state index in [0.717, 1.165) is 10.0 Å². The van der Waals surface area contributed by atoms with E-state index in [4.69, 9.17) is 23.1 Å². The zero-order chi connectivity index (χ0) is 14.9. The average molecular weight is 355 g/mol. The number of aryl methyl sites for hydroxylation is 1. The molecular weight excluding hydrogens is 342 g/mol. The minimum Gasteiger partial charge on any atom is -0.397 e. The van der Waals surface area contributed by atoms with Gasteiger partial charge in [-0.2, -0.15) is 0 Å². The summed E-state index contributed by atoms with van der Waals surface area (Å²) in [5, 5.41) is 3.72. The molecule has 0 saturated carbocycles. The van der Waals surface area contributed by atoms with Crippen LogP contribution in [0.25, 0.3) is 0 Å². The number of nitrogen functional groups attached to an aromatic ring is 1. The average Bonchev–Trinajstić information content (AvgIpc) is 2.37. The number of hydrogen-bond donors (Lipinski definition) is 3. The van der Waals surface area contributed by atoms with Gasteiger partial charge >= 0.3 is 0 Å². The van der Waals surface area contributed by atoms with Gasteiger partial charge in [-0.3, -0.25) is 4.79 Å². The standard InChI is InChI=1S/C14H13BrClN3O/c1-7-5-9(15)12(6-10(7)16)19-13-8(14(18)20)3-2-4-11(13)17/h2-6,19H,17H2,1H3,(H2,18,20). The van der Waals surface area contributed by atoms with Gasteiger partial charge in [0.2, 0.25) is 0 Å². The number of primary amides is 1. The first-order chi connectivity index (χ1) is 9.40. The zero-order valence-electron chi connectivity index (χ0n) is 10.7. The van der Waals surface area contributed by atoms with E-state index in [-0.39, 0.29) is 0 Å². The summed E-state index contributed by atoms with van der Waals surface area (Å²) in [5.41, 5.74) is 14.2. The van der Waals surface area contributed by atoms with E-state index in [0.29, 0.717) is 27.6 Å². The van der Waals surface area contributed by atoms with E-state index >= 15 is 0 Å². The van der Waals surface area contributed by atoms with E-state index in [2.05, 4.69) is 21.2 Å². The van der Waals surface area contributed by atoms with Crippen molar-refractivity contribution >= 4 is 50.5 Å². The number of hydrogen-bond acceptors (Lipinski definition) is 3. The SMILES string of the molecule is Cc1cc(Br)c(Nc2c(N)cccc2C(N)=O)cc1Cl. The monoisotopic (exact) mass is 353 g/mol. The van der Waals surface area contributed by atoms with Gasteiger partial charge in [0.15, 0.2) is 0 Å². The molecule has 0 fully saturated rings. The molecule has 0 atom stereocenters. The van der Waals surface area contributed by atoms with Crippen molar-refractivity contribution in [2.75, 3.05) is 11.1 Å². The van der Waals surface area contributed by atoms with E-state index in [1.165, 1.54) is 0 Å². The Bertz CT molecular complexity index is 688. The fourth-order valence-corrected chi connectivity index (χ4v) is 2.51. The van der Waals surface area contributed by atoms with Crippen LogP contribution in [-0.2, 0) is 0 Å². The quantitative estimate of drug-likeness (QED) is 0.733. The molecule has 1 amide bonds. The Morgan fingerprint density at radius 1 is 1.35 bits per heavy atom. The highest BCUT2D eigenvalue weighted by Gasteiger charge is 2.13. The van der Waals surface area contributed by atoms with Gasteiger partial charge in [0.05, 0.1) is 22.6 Å². The van der Waals surface area contributed by atoms with Crippen molar-refractivity contribution in [3.63, 3.8) is 0 Å². The Morgan fingerprint density at radius 3 is 2.70 bits per heavy atom. The third-order valence-electron chi connectivity index (χ3n) is 2.87. The summed E-state index contributed by atoms with van der Waals surface area (Å²) in [6.45, 7) is 1.91. The molecule has 5 N–H and O–H groups in total. The fraction of sp³-hybridized carbons (Fsp3) is 0.0714. The molecule has 20 heavy (non-hydrogen) atoms. The Morgan fingerprint density at radius 2 is 2.05 bits per heavy atom. The molecule has 0 spiro atoms. The topological polar surface area (TPSA) is 81.1 Å². The third kappa shape index (κ3) is 2.89. The van der Waals surface area contributed by atoms with Gasteiger partial charge < -0.3 is 16.8 Å². The lowest BCUT2D eigenvalue weighted by Gasteiger charge is -2.15. The van der Waals surface area contributed by atoms with Gasteiger partial charge in [0.25, 0.3) is 5.91 Å². The Hall–Kier alpha value is -1.72. The largest absolute Gasteiger partial charge is 0.397 e. The summed E-state index contributed by atoms with van der Waals surface area (Å²) in [6.07, 6.45) is 0. The number of para-hydroxylation sites is 1. The molecule has 2 aromatic rings. The maximum atomic E-state index is 11.5. The second-order valence-corrected chi connectivity index (χ2v) is 5.60. The molecule has 0 aliphatic rings. The number of carbonyl (C=O) groups is 1. The normalized spacial score (nSPS) is 10.3. The van der Waals surface area contributed by atoms with Crippen LogP contribution in [0.2, 0.25) is 5.02 Å². The van der Waals surface area contributed by atoms with Gasteiger partial charge in [-0.1, -0.05) is 17.7 Å². The minimum atomic E-state index is -0.547. The predicted octanol–water partition coefficient (Wildman–Crippen LogP) is 3.84. The number of rotatable bonds is 3. The van der Waals surface area contributed by atoms with E-state index < -0.39 is 5.91 Å². The van der Waals surface area contributed by atoms with Crippen LogP contribution in [-0.4, -0.2) is 5.91 Å². The van der Waals surface area contributed by atoms with Crippen LogP contribution in [0, 0.1) is 6.92 Å². The summed E-state index contributed by atoms with van der Waals surface area (Å²) < 4.78 is 0.818. The Labute approximate surface area is 130 Å². The van der Waals surface area contributed by atoms with Crippen molar-refractivity contribution in [2.24, 2.45) is 5.73 Å². The van der Waals surface area contributed by atoms with Crippen LogP contribution in [0.5, 0.6) is 0 Å². The van der Waals surface area contributed by atoms with Crippen LogP contribution in [0.15, 0.2) is 34.8 Å². The van der Waals surface area contributed by atoms with Gasteiger partial charge in [0.1, 0.15) is 0 Å². The van der Waals surface area contributed by atoms with Gasteiger partial charge in [-0.25, -0.2) is 0 Å². The number of anilines is 3. The van der Waals surface area contributed by atoms with Gasteiger partial charge in [-0.05, 0) is 52.7 Å². The minimum absolute atomic E-state index is 0.327. The van der Waals surface area contributed by atoms with Crippen LogP contribution >= 0.6 is 27.5 Å². The molecule has 0 heterocycles. The number of nitrogens with two attached hydrogens (primary N) is 2. The second kappa shape index (κ2) is 5.73. The Kier molecular flexibility index (Phi) is 4.20. The first kappa shape index (κ1) is 14.7. The molecule has 0 unspecified atom stereocenters. The summed E-state index contributed by atoms with van der Waals surface area (Å²) in [4.78, 5) is 11.5. The maximum absolute atomic E-state index is 11.5. The third-order valence-corrected chi connectivity index (χ3v) is 3.93. The predicted molar refractivity (Wildman–Crippen MR) is 86.5 cm³/mol. The molecule has 6 heteroatoms. The number of benzene rings is 2. The first-order valence-electron chi connectivity index (χ1n) is 5.81. The molecule has 0 aliphatic heterocycles. The molecule has 104 valence electrons. The highest BCUT2D eigenvalue weighted by molar-refractivity contribution is 9.10. The smallest absolute Gasteiger partial charge is 0.250 e. The molecule has 0 aliphatic carbocycles. The summed E-state index contributed by atoms with van der Waals surface area (Å²) in [6, 6.07) is 8.63. The molecule has 4 nitrogen and oxygen atoms in total.